The van der Waals surface area contributed by atoms with Gasteiger partial charge < -0.3 is 5.32 Å². The largest absolute Gasteiger partial charge is 0.306 e. The molecule has 1 heterocycles. The van der Waals surface area contributed by atoms with Gasteiger partial charge in [-0.05, 0) is 44.2 Å². The Morgan fingerprint density at radius 1 is 1.44 bits per heavy atom. The Labute approximate surface area is 96.3 Å². The van der Waals surface area contributed by atoms with Crippen LogP contribution in [0.5, 0.6) is 0 Å². The lowest BCUT2D eigenvalue weighted by atomic mass is 10.1. The summed E-state index contributed by atoms with van der Waals surface area (Å²) in [5.41, 5.74) is 0.918. The quantitative estimate of drug-likeness (QED) is 0.850. The predicted octanol–water partition coefficient (Wildman–Crippen LogP) is 3.06. The average molecular weight is 222 g/mol. The van der Waals surface area contributed by atoms with E-state index in [1.807, 2.05) is 0 Å². The smallest absolute Gasteiger partial charge is 0.141 e. The molecule has 3 unspecified atom stereocenters. The van der Waals surface area contributed by atoms with E-state index < -0.39 is 0 Å². The minimum absolute atomic E-state index is 0.205. The van der Waals surface area contributed by atoms with E-state index in [4.69, 9.17) is 0 Å². The van der Waals surface area contributed by atoms with E-state index in [1.54, 1.807) is 6.07 Å². The standard InChI is InChI=1S/C13H19FN2/c1-9-3-5-12(7-9)16-10(2)13-6-4-11(14)8-15-13/h4,6,8-10,12,16H,3,5,7H2,1-2H3. The van der Waals surface area contributed by atoms with E-state index in [0.29, 0.717) is 6.04 Å². The van der Waals surface area contributed by atoms with Crippen molar-refractivity contribution in [2.24, 2.45) is 5.92 Å². The molecule has 88 valence electrons. The zero-order valence-corrected chi connectivity index (χ0v) is 9.91. The van der Waals surface area contributed by atoms with E-state index in [9.17, 15) is 4.39 Å². The van der Waals surface area contributed by atoms with Crippen molar-refractivity contribution in [2.45, 2.75) is 45.2 Å². The van der Waals surface area contributed by atoms with Gasteiger partial charge in [0.1, 0.15) is 5.82 Å². The lowest BCUT2D eigenvalue weighted by Crippen LogP contribution is -2.29. The molecular weight excluding hydrogens is 203 g/mol. The summed E-state index contributed by atoms with van der Waals surface area (Å²) >= 11 is 0. The van der Waals surface area contributed by atoms with Gasteiger partial charge in [0.15, 0.2) is 0 Å². The second-order valence-electron chi connectivity index (χ2n) is 4.90. The summed E-state index contributed by atoms with van der Waals surface area (Å²) in [4.78, 5) is 4.10. The van der Waals surface area contributed by atoms with Crippen LogP contribution in [-0.4, -0.2) is 11.0 Å². The second-order valence-corrected chi connectivity index (χ2v) is 4.90. The van der Waals surface area contributed by atoms with Crippen LogP contribution in [0.2, 0.25) is 0 Å². The Morgan fingerprint density at radius 2 is 2.25 bits per heavy atom. The fraction of sp³-hybridized carbons (Fsp3) is 0.615. The molecule has 3 atom stereocenters. The third kappa shape index (κ3) is 2.79. The highest BCUT2D eigenvalue weighted by molar-refractivity contribution is 5.09. The van der Waals surface area contributed by atoms with E-state index in [0.717, 1.165) is 11.6 Å². The number of nitrogens with zero attached hydrogens (tertiary/aromatic N) is 1. The molecule has 0 bridgehead atoms. The van der Waals surface area contributed by atoms with Crippen LogP contribution in [0.4, 0.5) is 4.39 Å². The number of pyridine rings is 1. The third-order valence-corrected chi connectivity index (χ3v) is 3.37. The summed E-state index contributed by atoms with van der Waals surface area (Å²) in [6, 6.07) is 4.02. The van der Waals surface area contributed by atoms with Gasteiger partial charge in [-0.1, -0.05) is 6.92 Å². The van der Waals surface area contributed by atoms with Crippen LogP contribution in [0.25, 0.3) is 0 Å². The molecule has 1 N–H and O–H groups in total. The molecular formula is C13H19FN2. The van der Waals surface area contributed by atoms with Crippen molar-refractivity contribution in [3.05, 3.63) is 29.8 Å². The molecule has 0 radical (unpaired) electrons. The zero-order valence-electron chi connectivity index (χ0n) is 9.91. The molecule has 3 heteroatoms. The van der Waals surface area contributed by atoms with Crippen LogP contribution in [-0.2, 0) is 0 Å². The van der Waals surface area contributed by atoms with Gasteiger partial charge in [-0.3, -0.25) is 4.98 Å². The van der Waals surface area contributed by atoms with Crippen LogP contribution >= 0.6 is 0 Å². The van der Waals surface area contributed by atoms with Gasteiger partial charge in [-0.25, -0.2) is 4.39 Å². The highest BCUT2D eigenvalue weighted by atomic mass is 19.1. The van der Waals surface area contributed by atoms with Gasteiger partial charge in [0.05, 0.1) is 11.9 Å². The number of aromatic nitrogens is 1. The van der Waals surface area contributed by atoms with Crippen LogP contribution < -0.4 is 5.32 Å². The normalized spacial score (nSPS) is 26.9. The monoisotopic (exact) mass is 222 g/mol. The number of hydrogen-bond donors (Lipinski definition) is 1. The van der Waals surface area contributed by atoms with Crippen molar-refractivity contribution in [3.63, 3.8) is 0 Å². The maximum absolute atomic E-state index is 12.7. The fourth-order valence-electron chi connectivity index (χ4n) is 2.44. The van der Waals surface area contributed by atoms with Crippen LogP contribution in [0.1, 0.15) is 44.8 Å². The van der Waals surface area contributed by atoms with E-state index in [1.165, 1.54) is 31.5 Å². The topological polar surface area (TPSA) is 24.9 Å². The Hall–Kier alpha value is -0.960. The molecule has 0 saturated heterocycles. The van der Waals surface area contributed by atoms with E-state index >= 15 is 0 Å². The second kappa shape index (κ2) is 4.91. The van der Waals surface area contributed by atoms with Crippen molar-refractivity contribution in [2.75, 3.05) is 0 Å². The molecule has 2 nitrogen and oxygen atoms in total. The number of rotatable bonds is 3. The van der Waals surface area contributed by atoms with Gasteiger partial charge in [-0.15, -0.1) is 0 Å². The van der Waals surface area contributed by atoms with E-state index in [2.05, 4.69) is 24.1 Å². The molecule has 1 aromatic heterocycles. The van der Waals surface area contributed by atoms with Gasteiger partial charge in [0.25, 0.3) is 0 Å². The van der Waals surface area contributed by atoms with Gasteiger partial charge in [-0.2, -0.15) is 0 Å². The average Bonchev–Trinajstić information content (AvgIpc) is 2.65. The van der Waals surface area contributed by atoms with Crippen LogP contribution in [0.3, 0.4) is 0 Å². The zero-order chi connectivity index (χ0) is 11.5. The molecule has 0 aliphatic heterocycles. The van der Waals surface area contributed by atoms with Crippen molar-refractivity contribution >= 4 is 0 Å². The Morgan fingerprint density at radius 3 is 2.81 bits per heavy atom. The maximum atomic E-state index is 12.7. The van der Waals surface area contributed by atoms with Crippen molar-refractivity contribution < 1.29 is 4.39 Å². The first kappa shape index (κ1) is 11.5. The Balaban J connectivity index is 1.92. The first-order chi connectivity index (χ1) is 7.65. The summed E-state index contributed by atoms with van der Waals surface area (Å²) in [5, 5.41) is 3.56. The Bertz CT molecular complexity index is 336. The first-order valence-corrected chi connectivity index (χ1v) is 6.02. The van der Waals surface area contributed by atoms with Crippen molar-refractivity contribution in [1.82, 2.24) is 10.3 Å². The minimum atomic E-state index is -0.273. The molecule has 0 aromatic carbocycles. The summed E-state index contributed by atoms with van der Waals surface area (Å²) in [6.45, 7) is 4.38. The fourth-order valence-corrected chi connectivity index (χ4v) is 2.44. The summed E-state index contributed by atoms with van der Waals surface area (Å²) in [6.07, 6.45) is 5.07. The first-order valence-electron chi connectivity index (χ1n) is 6.02. The molecule has 1 aliphatic rings. The molecule has 1 fully saturated rings. The Kier molecular flexibility index (Phi) is 3.54. The van der Waals surface area contributed by atoms with Crippen LogP contribution in [0.15, 0.2) is 18.3 Å². The van der Waals surface area contributed by atoms with Gasteiger partial charge >= 0.3 is 0 Å². The molecule has 16 heavy (non-hydrogen) atoms. The summed E-state index contributed by atoms with van der Waals surface area (Å²) < 4.78 is 12.7. The maximum Gasteiger partial charge on any atom is 0.141 e. The molecule has 1 aromatic rings. The van der Waals surface area contributed by atoms with Gasteiger partial charge in [0.2, 0.25) is 0 Å². The molecule has 2 rings (SSSR count). The van der Waals surface area contributed by atoms with Crippen LogP contribution in [0, 0.1) is 11.7 Å². The van der Waals surface area contributed by atoms with Gasteiger partial charge in [0, 0.05) is 12.1 Å². The predicted molar refractivity (Wildman–Crippen MR) is 62.5 cm³/mol. The highest BCUT2D eigenvalue weighted by Crippen LogP contribution is 2.26. The molecule has 0 spiro atoms. The third-order valence-electron chi connectivity index (χ3n) is 3.37. The summed E-state index contributed by atoms with van der Waals surface area (Å²) in [7, 11) is 0. The van der Waals surface area contributed by atoms with E-state index in [-0.39, 0.29) is 11.9 Å². The lowest BCUT2D eigenvalue weighted by Gasteiger charge is -2.18. The SMILES string of the molecule is CC1CCC(NC(C)c2ccc(F)cn2)C1. The number of hydrogen-bond acceptors (Lipinski definition) is 2. The van der Waals surface area contributed by atoms with Crippen molar-refractivity contribution in [1.29, 1.82) is 0 Å². The lowest BCUT2D eigenvalue weighted by molar-refractivity contribution is 0.442. The van der Waals surface area contributed by atoms with Crippen molar-refractivity contribution in [3.8, 4) is 0 Å². The minimum Gasteiger partial charge on any atom is -0.306 e. The molecule has 1 saturated carbocycles. The highest BCUT2D eigenvalue weighted by Gasteiger charge is 2.22. The molecule has 0 amide bonds. The summed E-state index contributed by atoms with van der Waals surface area (Å²) in [5.74, 6) is 0.552. The number of nitrogens with one attached hydrogen (secondary N) is 1. The molecule has 1 aliphatic carbocycles. The number of halogens is 1.